The van der Waals surface area contributed by atoms with Gasteiger partial charge in [-0.1, -0.05) is 18.2 Å². The highest BCUT2D eigenvalue weighted by Crippen LogP contribution is 2.19. The lowest BCUT2D eigenvalue weighted by Gasteiger charge is -2.32. The van der Waals surface area contributed by atoms with Crippen LogP contribution in [-0.4, -0.2) is 69.1 Å². The number of carboxylic acids is 1. The van der Waals surface area contributed by atoms with Gasteiger partial charge in [0.15, 0.2) is 0 Å². The Bertz CT molecular complexity index is 911. The van der Waals surface area contributed by atoms with Crippen LogP contribution in [0.4, 0.5) is 0 Å². The van der Waals surface area contributed by atoms with E-state index in [-0.39, 0.29) is 5.56 Å². The number of aromatic nitrogens is 3. The molecule has 134 valence electrons. The van der Waals surface area contributed by atoms with Gasteiger partial charge in [0.2, 0.25) is 0 Å². The van der Waals surface area contributed by atoms with Gasteiger partial charge in [0, 0.05) is 32.7 Å². The van der Waals surface area contributed by atoms with Gasteiger partial charge in [-0.05, 0) is 36.9 Å². The molecule has 0 amide bonds. The zero-order chi connectivity index (χ0) is 18.1. The molecule has 1 aliphatic heterocycles. The molecule has 7 heteroatoms. The molecule has 1 aliphatic rings. The molecule has 0 aliphatic carbocycles. The van der Waals surface area contributed by atoms with Gasteiger partial charge >= 0.3 is 5.97 Å². The van der Waals surface area contributed by atoms with E-state index in [9.17, 15) is 9.90 Å². The average Bonchev–Trinajstić information content (AvgIpc) is 3.07. The Morgan fingerprint density at radius 2 is 1.69 bits per heavy atom. The fourth-order valence-corrected chi connectivity index (χ4v) is 3.25. The Morgan fingerprint density at radius 1 is 1.04 bits per heavy atom. The van der Waals surface area contributed by atoms with Crippen molar-refractivity contribution >= 4 is 17.0 Å². The summed E-state index contributed by atoms with van der Waals surface area (Å²) in [6.07, 6.45) is 0. The van der Waals surface area contributed by atoms with E-state index in [0.29, 0.717) is 5.69 Å². The molecule has 1 fully saturated rings. The van der Waals surface area contributed by atoms with Crippen LogP contribution in [0.5, 0.6) is 0 Å². The van der Waals surface area contributed by atoms with Crippen molar-refractivity contribution < 1.29 is 9.90 Å². The molecule has 0 spiro atoms. The van der Waals surface area contributed by atoms with E-state index in [4.69, 9.17) is 0 Å². The smallest absolute Gasteiger partial charge is 0.337 e. The summed E-state index contributed by atoms with van der Waals surface area (Å²) in [7, 11) is 2.13. The molecule has 4 rings (SSSR count). The number of rotatable bonds is 4. The largest absolute Gasteiger partial charge is 0.478 e. The molecule has 2 aromatic carbocycles. The monoisotopic (exact) mass is 351 g/mol. The maximum atomic E-state index is 11.7. The quantitative estimate of drug-likeness (QED) is 0.773. The Kier molecular flexibility index (Phi) is 4.40. The van der Waals surface area contributed by atoms with E-state index in [2.05, 4.69) is 27.0 Å². The van der Waals surface area contributed by atoms with Crippen molar-refractivity contribution in [1.82, 2.24) is 24.8 Å². The summed E-state index contributed by atoms with van der Waals surface area (Å²) in [4.78, 5) is 17.8. The summed E-state index contributed by atoms with van der Waals surface area (Å²) in [6.45, 7) is 4.91. The second kappa shape index (κ2) is 6.86. The molecule has 1 N–H and O–H groups in total. The Labute approximate surface area is 151 Å². The molecule has 26 heavy (non-hydrogen) atoms. The third-order valence-electron chi connectivity index (χ3n) is 4.80. The first kappa shape index (κ1) is 16.7. The summed E-state index contributed by atoms with van der Waals surface area (Å²) in [6, 6.07) is 12.9. The molecule has 0 bridgehead atoms. The van der Waals surface area contributed by atoms with E-state index >= 15 is 0 Å². The van der Waals surface area contributed by atoms with E-state index in [1.165, 1.54) is 4.80 Å². The van der Waals surface area contributed by atoms with Crippen molar-refractivity contribution in [3.05, 3.63) is 53.6 Å². The molecule has 0 radical (unpaired) electrons. The van der Waals surface area contributed by atoms with E-state index in [0.717, 1.165) is 49.3 Å². The Hall–Kier alpha value is -2.77. The fraction of sp³-hybridized carbons (Fsp3) is 0.316. The van der Waals surface area contributed by atoms with Crippen molar-refractivity contribution in [2.75, 3.05) is 33.2 Å². The van der Waals surface area contributed by atoms with Crippen LogP contribution in [0.1, 0.15) is 15.9 Å². The molecule has 0 atom stereocenters. The van der Waals surface area contributed by atoms with Gasteiger partial charge in [0.05, 0.1) is 5.56 Å². The first-order valence-electron chi connectivity index (χ1n) is 8.70. The number of carbonyl (C=O) groups is 1. The second-order valence-electron chi connectivity index (χ2n) is 6.71. The van der Waals surface area contributed by atoms with Crippen LogP contribution < -0.4 is 0 Å². The fourth-order valence-electron chi connectivity index (χ4n) is 3.25. The summed E-state index contributed by atoms with van der Waals surface area (Å²) < 4.78 is 0. The summed E-state index contributed by atoms with van der Waals surface area (Å²) >= 11 is 0. The van der Waals surface area contributed by atoms with Crippen LogP contribution >= 0.6 is 0 Å². The van der Waals surface area contributed by atoms with Crippen molar-refractivity contribution in [3.63, 3.8) is 0 Å². The number of hydrogen-bond acceptors (Lipinski definition) is 5. The van der Waals surface area contributed by atoms with Crippen molar-refractivity contribution in [2.45, 2.75) is 6.54 Å². The zero-order valence-electron chi connectivity index (χ0n) is 14.7. The molecular weight excluding hydrogens is 330 g/mol. The summed E-state index contributed by atoms with van der Waals surface area (Å²) in [5, 5.41) is 18.5. The predicted molar refractivity (Wildman–Crippen MR) is 98.6 cm³/mol. The second-order valence-corrected chi connectivity index (χ2v) is 6.71. The van der Waals surface area contributed by atoms with Crippen LogP contribution in [0.3, 0.4) is 0 Å². The highest BCUT2D eigenvalue weighted by atomic mass is 16.4. The normalized spacial score (nSPS) is 16.2. The third-order valence-corrected chi connectivity index (χ3v) is 4.80. The third kappa shape index (κ3) is 3.31. The lowest BCUT2D eigenvalue weighted by Crippen LogP contribution is -2.43. The zero-order valence-corrected chi connectivity index (χ0v) is 14.7. The molecular formula is C19H21N5O2. The molecule has 1 saturated heterocycles. The van der Waals surface area contributed by atoms with Crippen LogP contribution in [-0.2, 0) is 6.54 Å². The number of likely N-dealkylation sites (N-methyl/N-ethyl adjacent to an activating group) is 1. The average molecular weight is 351 g/mol. The van der Waals surface area contributed by atoms with Crippen molar-refractivity contribution in [1.29, 1.82) is 0 Å². The number of fused-ring (bicyclic) bond motifs is 1. The van der Waals surface area contributed by atoms with Gasteiger partial charge in [-0.25, -0.2) is 4.79 Å². The van der Waals surface area contributed by atoms with Gasteiger partial charge < -0.3 is 10.0 Å². The molecule has 2 heterocycles. The van der Waals surface area contributed by atoms with Crippen LogP contribution in [0.15, 0.2) is 42.5 Å². The lowest BCUT2D eigenvalue weighted by atomic mass is 10.1. The molecule has 7 nitrogen and oxygen atoms in total. The Morgan fingerprint density at radius 3 is 2.31 bits per heavy atom. The summed E-state index contributed by atoms with van der Waals surface area (Å²) in [5.41, 5.74) is 3.25. The number of nitrogens with zero attached hydrogens (tertiary/aromatic N) is 5. The van der Waals surface area contributed by atoms with Gasteiger partial charge in [0.25, 0.3) is 0 Å². The van der Waals surface area contributed by atoms with Crippen molar-refractivity contribution in [2.24, 2.45) is 0 Å². The summed E-state index contributed by atoms with van der Waals surface area (Å²) in [5.74, 6) is -0.979. The van der Waals surface area contributed by atoms with Gasteiger partial charge in [-0.15, -0.1) is 15.0 Å². The standard InChI is InChI=1S/C19H21N5O2/c1-22-8-10-23(11-9-22)13-14-6-7-15(19(25)26)18(12-14)24-20-16-4-2-3-5-17(16)21-24/h2-7,12H,8-11,13H2,1H3,(H,25,26). The first-order chi connectivity index (χ1) is 12.6. The number of aromatic carboxylic acids is 1. The SMILES string of the molecule is CN1CCN(Cc2ccc(C(=O)O)c(-n3nc4ccccc4n3)c2)CC1. The van der Waals surface area contributed by atoms with E-state index in [1.807, 2.05) is 36.4 Å². The molecule has 1 aromatic heterocycles. The van der Waals surface area contributed by atoms with Crippen LogP contribution in [0.2, 0.25) is 0 Å². The minimum absolute atomic E-state index is 0.201. The van der Waals surface area contributed by atoms with Gasteiger partial charge in [0.1, 0.15) is 16.7 Å². The minimum atomic E-state index is -0.979. The van der Waals surface area contributed by atoms with Crippen LogP contribution in [0, 0.1) is 0 Å². The molecule has 0 unspecified atom stereocenters. The van der Waals surface area contributed by atoms with Crippen LogP contribution in [0.25, 0.3) is 16.7 Å². The van der Waals surface area contributed by atoms with E-state index in [1.54, 1.807) is 6.07 Å². The molecule has 0 saturated carbocycles. The predicted octanol–water partition coefficient (Wildman–Crippen LogP) is 1.87. The van der Waals surface area contributed by atoms with Crippen molar-refractivity contribution in [3.8, 4) is 5.69 Å². The minimum Gasteiger partial charge on any atom is -0.478 e. The highest BCUT2D eigenvalue weighted by Gasteiger charge is 2.18. The van der Waals surface area contributed by atoms with Gasteiger partial charge in [-0.3, -0.25) is 4.90 Å². The first-order valence-corrected chi connectivity index (χ1v) is 8.70. The maximum absolute atomic E-state index is 11.7. The Balaban J connectivity index is 1.68. The number of benzene rings is 2. The highest BCUT2D eigenvalue weighted by molar-refractivity contribution is 5.92. The number of piperazine rings is 1. The number of hydrogen-bond donors (Lipinski definition) is 1. The topological polar surface area (TPSA) is 74.5 Å². The van der Waals surface area contributed by atoms with Gasteiger partial charge in [-0.2, -0.15) is 0 Å². The maximum Gasteiger partial charge on any atom is 0.337 e. The van der Waals surface area contributed by atoms with E-state index < -0.39 is 5.97 Å². The molecule has 3 aromatic rings. The lowest BCUT2D eigenvalue weighted by molar-refractivity contribution is 0.0696. The number of carboxylic acid groups (broad SMARTS) is 1.